The number of carboxylic acids is 2. The van der Waals surface area contributed by atoms with Crippen molar-refractivity contribution < 1.29 is 24.5 Å². The van der Waals surface area contributed by atoms with Gasteiger partial charge < -0.3 is 14.9 Å². The number of aryl methyl sites for hydroxylation is 2. The Bertz CT molecular complexity index is 1480. The maximum Gasteiger partial charge on any atom is 0.331 e. The van der Waals surface area contributed by atoms with Gasteiger partial charge in [-0.05, 0) is 91.6 Å². The van der Waals surface area contributed by atoms with Gasteiger partial charge in [0, 0.05) is 30.3 Å². The van der Waals surface area contributed by atoms with Gasteiger partial charge in [0.1, 0.15) is 17.8 Å². The van der Waals surface area contributed by atoms with Crippen LogP contribution in [-0.4, -0.2) is 31.9 Å². The lowest BCUT2D eigenvalue weighted by Crippen LogP contribution is -2.38. The highest BCUT2D eigenvalue weighted by molar-refractivity contribution is 5.94. The van der Waals surface area contributed by atoms with Crippen LogP contribution in [0.4, 0.5) is 0 Å². The largest absolute Gasteiger partial charge is 0.489 e. The summed E-state index contributed by atoms with van der Waals surface area (Å²) in [6.07, 6.45) is 7.67. The molecular formula is C31H32N2O5. The zero-order valence-electron chi connectivity index (χ0n) is 21.9. The van der Waals surface area contributed by atoms with E-state index in [2.05, 4.69) is 0 Å². The Kier molecular flexibility index (Phi) is 6.69. The second-order valence-electron chi connectivity index (χ2n) is 10.5. The molecule has 2 aliphatic carbocycles. The normalized spacial score (nSPS) is 19.0. The summed E-state index contributed by atoms with van der Waals surface area (Å²) in [6, 6.07) is 13.5. The molecule has 1 atom stereocenters. The number of aliphatic carboxylic acids is 2. The standard InChI is InChI=1S/C31H32N2O5/c1-19-5-4-6-26(31(30(36)37)13-11-20(2)24(16-31)29(34)35)25(19)18-38-28-10-9-23(15-21(28)3)27-12-14-33(32-27)17-22-7-8-22/h4-6,9-15,22H,7-8,16-18H2,1-3H3,(H,34,35)(H,36,37). The minimum Gasteiger partial charge on any atom is -0.489 e. The molecule has 7 heteroatoms. The molecule has 196 valence electrons. The first kappa shape index (κ1) is 25.5. The molecule has 1 aromatic heterocycles. The van der Waals surface area contributed by atoms with Gasteiger partial charge in [0.15, 0.2) is 0 Å². The molecule has 7 nitrogen and oxygen atoms in total. The van der Waals surface area contributed by atoms with E-state index in [0.717, 1.165) is 40.4 Å². The number of carbonyl (C=O) groups is 2. The van der Waals surface area contributed by atoms with Gasteiger partial charge in [0.25, 0.3) is 0 Å². The SMILES string of the molecule is CC1=C(C(=O)O)CC(C(=O)O)(c2cccc(C)c2COc2ccc(-c3ccn(CC4CC4)n3)cc2C)C=C1. The summed E-state index contributed by atoms with van der Waals surface area (Å²) in [5.74, 6) is -0.734. The molecule has 38 heavy (non-hydrogen) atoms. The van der Waals surface area contributed by atoms with Gasteiger partial charge in [-0.2, -0.15) is 5.10 Å². The van der Waals surface area contributed by atoms with Crippen LogP contribution in [0, 0.1) is 19.8 Å². The highest BCUT2D eigenvalue weighted by atomic mass is 16.5. The Morgan fingerprint density at radius 3 is 2.55 bits per heavy atom. The van der Waals surface area contributed by atoms with Crippen molar-refractivity contribution in [3.05, 3.63) is 94.2 Å². The fourth-order valence-electron chi connectivity index (χ4n) is 5.15. The molecule has 0 saturated heterocycles. The molecule has 2 aliphatic rings. The number of carboxylic acid groups (broad SMARTS) is 2. The first-order valence-corrected chi connectivity index (χ1v) is 12.9. The number of allylic oxidation sites excluding steroid dienone is 2. The van der Waals surface area contributed by atoms with E-state index in [4.69, 9.17) is 9.84 Å². The molecule has 5 rings (SSSR count). The van der Waals surface area contributed by atoms with Gasteiger partial charge in [-0.25, -0.2) is 4.79 Å². The van der Waals surface area contributed by atoms with Crippen molar-refractivity contribution in [2.24, 2.45) is 5.92 Å². The maximum atomic E-state index is 12.7. The summed E-state index contributed by atoms with van der Waals surface area (Å²) < 4.78 is 8.25. The number of hydrogen-bond acceptors (Lipinski definition) is 4. The molecule has 1 saturated carbocycles. The lowest BCUT2D eigenvalue weighted by atomic mass is 9.69. The molecular weight excluding hydrogens is 480 g/mol. The van der Waals surface area contributed by atoms with Crippen LogP contribution in [0.3, 0.4) is 0 Å². The molecule has 0 spiro atoms. The second kappa shape index (κ2) is 9.97. The van der Waals surface area contributed by atoms with Crippen LogP contribution in [0.25, 0.3) is 11.3 Å². The van der Waals surface area contributed by atoms with E-state index < -0.39 is 17.4 Å². The van der Waals surface area contributed by atoms with Crippen molar-refractivity contribution in [3.8, 4) is 17.0 Å². The highest BCUT2D eigenvalue weighted by Crippen LogP contribution is 2.41. The van der Waals surface area contributed by atoms with E-state index in [9.17, 15) is 19.8 Å². The zero-order chi connectivity index (χ0) is 27.0. The maximum absolute atomic E-state index is 12.7. The quantitative estimate of drug-likeness (QED) is 0.374. The average molecular weight is 513 g/mol. The number of rotatable bonds is 9. The van der Waals surface area contributed by atoms with E-state index in [-0.39, 0.29) is 18.6 Å². The van der Waals surface area contributed by atoms with Gasteiger partial charge in [-0.15, -0.1) is 0 Å². The Morgan fingerprint density at radius 2 is 1.87 bits per heavy atom. The number of hydrogen-bond donors (Lipinski definition) is 2. The summed E-state index contributed by atoms with van der Waals surface area (Å²) in [6.45, 7) is 6.71. The summed E-state index contributed by atoms with van der Waals surface area (Å²) in [4.78, 5) is 24.5. The predicted molar refractivity (Wildman–Crippen MR) is 144 cm³/mol. The predicted octanol–water partition coefficient (Wildman–Crippen LogP) is 5.84. The highest BCUT2D eigenvalue weighted by Gasteiger charge is 2.43. The monoisotopic (exact) mass is 512 g/mol. The van der Waals surface area contributed by atoms with Gasteiger partial charge in [-0.3, -0.25) is 9.48 Å². The first-order valence-electron chi connectivity index (χ1n) is 12.9. The molecule has 2 aromatic carbocycles. The van der Waals surface area contributed by atoms with Crippen molar-refractivity contribution >= 4 is 11.9 Å². The second-order valence-corrected chi connectivity index (χ2v) is 10.5. The average Bonchev–Trinajstić information content (AvgIpc) is 3.58. The number of nitrogens with zero attached hydrogens (tertiary/aromatic N) is 2. The fraction of sp³-hybridized carbons (Fsp3) is 0.323. The van der Waals surface area contributed by atoms with Gasteiger partial charge in [-0.1, -0.05) is 30.4 Å². The Labute approximate surface area is 222 Å². The smallest absolute Gasteiger partial charge is 0.331 e. The zero-order valence-corrected chi connectivity index (χ0v) is 21.9. The topological polar surface area (TPSA) is 102 Å². The third-order valence-electron chi connectivity index (χ3n) is 7.71. The van der Waals surface area contributed by atoms with E-state index in [1.807, 2.05) is 55.1 Å². The lowest BCUT2D eigenvalue weighted by molar-refractivity contribution is -0.142. The third kappa shape index (κ3) is 4.88. The first-order chi connectivity index (χ1) is 18.2. The van der Waals surface area contributed by atoms with Gasteiger partial charge >= 0.3 is 11.9 Å². The number of benzene rings is 2. The van der Waals surface area contributed by atoms with Crippen LogP contribution in [0.1, 0.15) is 48.4 Å². The molecule has 1 heterocycles. The van der Waals surface area contributed by atoms with Crippen molar-refractivity contribution in [2.75, 3.05) is 0 Å². The lowest BCUT2D eigenvalue weighted by Gasteiger charge is -2.32. The minimum atomic E-state index is -1.49. The van der Waals surface area contributed by atoms with Crippen LogP contribution in [0.15, 0.2) is 72.0 Å². The summed E-state index contributed by atoms with van der Waals surface area (Å²) in [7, 11) is 0. The Morgan fingerprint density at radius 1 is 1.08 bits per heavy atom. The number of ether oxygens (including phenoxy) is 1. The van der Waals surface area contributed by atoms with E-state index in [1.54, 1.807) is 31.2 Å². The van der Waals surface area contributed by atoms with E-state index >= 15 is 0 Å². The molecule has 0 bridgehead atoms. The van der Waals surface area contributed by atoms with Crippen molar-refractivity contribution in [1.29, 1.82) is 0 Å². The van der Waals surface area contributed by atoms with E-state index in [0.29, 0.717) is 16.9 Å². The minimum absolute atomic E-state index is 0.106. The summed E-state index contributed by atoms with van der Waals surface area (Å²) in [5, 5.41) is 24.8. The van der Waals surface area contributed by atoms with Crippen LogP contribution >= 0.6 is 0 Å². The van der Waals surface area contributed by atoms with E-state index in [1.165, 1.54) is 12.8 Å². The molecule has 1 unspecified atom stereocenters. The van der Waals surface area contributed by atoms with Crippen LogP contribution < -0.4 is 4.74 Å². The fourth-order valence-corrected chi connectivity index (χ4v) is 5.15. The summed E-state index contributed by atoms with van der Waals surface area (Å²) in [5.41, 5.74) is 4.24. The third-order valence-corrected chi connectivity index (χ3v) is 7.71. The molecule has 0 aliphatic heterocycles. The summed E-state index contributed by atoms with van der Waals surface area (Å²) >= 11 is 0. The Balaban J connectivity index is 1.40. The van der Waals surface area contributed by atoms with Crippen molar-refractivity contribution in [3.63, 3.8) is 0 Å². The molecule has 2 N–H and O–H groups in total. The van der Waals surface area contributed by atoms with Gasteiger partial charge in [0.2, 0.25) is 0 Å². The molecule has 0 amide bonds. The van der Waals surface area contributed by atoms with Crippen molar-refractivity contribution in [1.82, 2.24) is 9.78 Å². The van der Waals surface area contributed by atoms with Crippen LogP contribution in [0.2, 0.25) is 0 Å². The van der Waals surface area contributed by atoms with Crippen molar-refractivity contribution in [2.45, 2.75) is 58.6 Å². The molecule has 3 aromatic rings. The molecule has 1 fully saturated rings. The van der Waals surface area contributed by atoms with Crippen LogP contribution in [-0.2, 0) is 28.2 Å². The Hall–Kier alpha value is -4.13. The van der Waals surface area contributed by atoms with Crippen LogP contribution in [0.5, 0.6) is 5.75 Å². The number of aromatic nitrogens is 2. The molecule has 0 radical (unpaired) electrons. The van der Waals surface area contributed by atoms with Gasteiger partial charge in [0.05, 0.1) is 5.69 Å².